The van der Waals surface area contributed by atoms with Gasteiger partial charge in [-0.25, -0.2) is 0 Å². The van der Waals surface area contributed by atoms with Crippen molar-refractivity contribution in [2.24, 2.45) is 0 Å². The number of carbonyl (C=O) groups excluding carboxylic acids is 2. The lowest BCUT2D eigenvalue weighted by Gasteiger charge is -2.38. The molecule has 1 N–H and O–H groups in total. The zero-order valence-corrected chi connectivity index (χ0v) is 18.1. The Labute approximate surface area is 191 Å². The predicted octanol–water partition coefficient (Wildman–Crippen LogP) is 4.10. The standard InChI is InChI=1S/C27H23NO5/c29-25-21-4-2-1-3-19(21)20-7-5-17(13-22(20)25)26(30)28-15-27(9-11-31-12-10-27)18-6-8-23-24(14-18)33-16-32-23/h1-8,13-14H,9-12,15-16H2,(H,28,30). The van der Waals surface area contributed by atoms with Gasteiger partial charge in [-0.15, -0.1) is 0 Å². The maximum Gasteiger partial charge on any atom is 0.251 e. The highest BCUT2D eigenvalue weighted by Gasteiger charge is 2.36. The minimum atomic E-state index is -0.252. The maximum atomic E-state index is 13.1. The molecule has 1 saturated heterocycles. The average Bonchev–Trinajstić information content (AvgIpc) is 3.45. The largest absolute Gasteiger partial charge is 0.454 e. The first kappa shape index (κ1) is 20.0. The van der Waals surface area contributed by atoms with Gasteiger partial charge in [0.05, 0.1) is 0 Å². The molecule has 6 rings (SSSR count). The SMILES string of the molecule is O=C(NCC1(c2ccc3c(c2)OCO3)CCOCC1)c1ccc2c(c1)C(=O)c1ccccc1-2. The Morgan fingerprint density at radius 1 is 0.848 bits per heavy atom. The fraction of sp³-hybridized carbons (Fsp3) is 0.259. The van der Waals surface area contributed by atoms with E-state index in [1.54, 1.807) is 12.1 Å². The number of amides is 1. The fourth-order valence-corrected chi connectivity index (χ4v) is 5.08. The normalized spacial score (nSPS) is 17.4. The molecule has 0 saturated carbocycles. The van der Waals surface area contributed by atoms with E-state index >= 15 is 0 Å². The van der Waals surface area contributed by atoms with E-state index in [-0.39, 0.29) is 23.9 Å². The molecule has 0 unspecified atom stereocenters. The highest BCUT2D eigenvalue weighted by Crippen LogP contribution is 2.41. The van der Waals surface area contributed by atoms with E-state index in [1.165, 1.54) is 0 Å². The van der Waals surface area contributed by atoms with E-state index in [9.17, 15) is 9.59 Å². The topological polar surface area (TPSA) is 73.9 Å². The van der Waals surface area contributed by atoms with Crippen molar-refractivity contribution < 1.29 is 23.8 Å². The fourth-order valence-electron chi connectivity index (χ4n) is 5.08. The molecular weight excluding hydrogens is 418 g/mol. The minimum absolute atomic E-state index is 0.0310. The first-order chi connectivity index (χ1) is 16.1. The monoisotopic (exact) mass is 441 g/mol. The van der Waals surface area contributed by atoms with Crippen LogP contribution in [0.3, 0.4) is 0 Å². The second kappa shape index (κ2) is 7.74. The van der Waals surface area contributed by atoms with Crippen LogP contribution in [0.15, 0.2) is 60.7 Å². The third-order valence-electron chi connectivity index (χ3n) is 7.01. The number of rotatable bonds is 4. The summed E-state index contributed by atoms with van der Waals surface area (Å²) in [5.41, 5.74) is 4.42. The molecule has 3 aliphatic rings. The first-order valence-electron chi connectivity index (χ1n) is 11.2. The predicted molar refractivity (Wildman–Crippen MR) is 122 cm³/mol. The number of fused-ring (bicyclic) bond motifs is 4. The molecule has 1 amide bonds. The minimum Gasteiger partial charge on any atom is -0.454 e. The van der Waals surface area contributed by atoms with Crippen LogP contribution < -0.4 is 14.8 Å². The van der Waals surface area contributed by atoms with Crippen molar-refractivity contribution in [3.63, 3.8) is 0 Å². The van der Waals surface area contributed by atoms with Crippen molar-refractivity contribution in [3.05, 3.63) is 82.9 Å². The molecule has 1 aliphatic carbocycles. The third kappa shape index (κ3) is 3.29. The summed E-state index contributed by atoms with van der Waals surface area (Å²) in [6.45, 7) is 1.97. The molecule has 2 aliphatic heterocycles. The van der Waals surface area contributed by atoms with Gasteiger partial charge in [0.1, 0.15) is 0 Å². The van der Waals surface area contributed by atoms with Gasteiger partial charge >= 0.3 is 0 Å². The van der Waals surface area contributed by atoms with E-state index in [0.29, 0.717) is 36.4 Å². The van der Waals surface area contributed by atoms with Crippen LogP contribution in [0.2, 0.25) is 0 Å². The molecule has 6 heteroatoms. The number of hydrogen-bond acceptors (Lipinski definition) is 5. The van der Waals surface area contributed by atoms with Crippen LogP contribution in [0.1, 0.15) is 44.7 Å². The summed E-state index contributed by atoms with van der Waals surface area (Å²) in [5, 5.41) is 3.13. The van der Waals surface area contributed by atoms with Crippen LogP contribution in [0.5, 0.6) is 11.5 Å². The van der Waals surface area contributed by atoms with Crippen LogP contribution in [-0.4, -0.2) is 38.2 Å². The van der Waals surface area contributed by atoms with Gasteiger partial charge in [0.15, 0.2) is 17.3 Å². The second-order valence-corrected chi connectivity index (χ2v) is 8.78. The molecule has 6 nitrogen and oxygen atoms in total. The highest BCUT2D eigenvalue weighted by atomic mass is 16.7. The van der Waals surface area contributed by atoms with Gasteiger partial charge < -0.3 is 19.5 Å². The first-order valence-corrected chi connectivity index (χ1v) is 11.2. The van der Waals surface area contributed by atoms with Crippen molar-refractivity contribution in [2.75, 3.05) is 26.6 Å². The number of ketones is 1. The Kier molecular flexibility index (Phi) is 4.69. The van der Waals surface area contributed by atoms with Gasteiger partial charge in [0.2, 0.25) is 6.79 Å². The van der Waals surface area contributed by atoms with Crippen molar-refractivity contribution in [2.45, 2.75) is 18.3 Å². The summed E-state index contributed by atoms with van der Waals surface area (Å²) in [6, 6.07) is 18.9. The quantitative estimate of drug-likeness (QED) is 0.516. The number of nitrogens with one attached hydrogen (secondary N) is 1. The molecule has 0 radical (unpaired) electrons. The summed E-state index contributed by atoms with van der Waals surface area (Å²) >= 11 is 0. The van der Waals surface area contributed by atoms with Crippen LogP contribution in [0.4, 0.5) is 0 Å². The summed E-state index contributed by atoms with van der Waals surface area (Å²) in [6.07, 6.45) is 1.59. The Hall–Kier alpha value is -3.64. The van der Waals surface area contributed by atoms with E-state index < -0.39 is 0 Å². The van der Waals surface area contributed by atoms with Crippen LogP contribution in [0, 0.1) is 0 Å². The highest BCUT2D eigenvalue weighted by molar-refractivity contribution is 6.22. The molecule has 2 heterocycles. The number of benzene rings is 3. The second-order valence-electron chi connectivity index (χ2n) is 8.78. The number of carbonyl (C=O) groups is 2. The van der Waals surface area contributed by atoms with Gasteiger partial charge in [-0.1, -0.05) is 36.4 Å². The van der Waals surface area contributed by atoms with Crippen LogP contribution in [0.25, 0.3) is 11.1 Å². The van der Waals surface area contributed by atoms with Gasteiger partial charge in [-0.2, -0.15) is 0 Å². The van der Waals surface area contributed by atoms with Gasteiger partial charge in [-0.3, -0.25) is 9.59 Å². The summed E-state index contributed by atoms with van der Waals surface area (Å²) in [7, 11) is 0. The lowest BCUT2D eigenvalue weighted by atomic mass is 9.74. The van der Waals surface area contributed by atoms with Crippen molar-refractivity contribution in [3.8, 4) is 22.6 Å². The summed E-state index contributed by atoms with van der Waals surface area (Å²) in [4.78, 5) is 26.0. The Morgan fingerprint density at radius 3 is 2.45 bits per heavy atom. The van der Waals surface area contributed by atoms with Gasteiger partial charge in [0.25, 0.3) is 5.91 Å². The lowest BCUT2D eigenvalue weighted by Crippen LogP contribution is -2.44. The average molecular weight is 441 g/mol. The van der Waals surface area contributed by atoms with Gasteiger partial charge in [0, 0.05) is 41.9 Å². The molecule has 1 fully saturated rings. The lowest BCUT2D eigenvalue weighted by molar-refractivity contribution is 0.0486. The zero-order chi connectivity index (χ0) is 22.4. The zero-order valence-electron chi connectivity index (χ0n) is 18.1. The molecular formula is C27H23NO5. The molecule has 33 heavy (non-hydrogen) atoms. The van der Waals surface area contributed by atoms with E-state index in [2.05, 4.69) is 11.4 Å². The third-order valence-corrected chi connectivity index (χ3v) is 7.01. The van der Waals surface area contributed by atoms with Crippen molar-refractivity contribution in [1.82, 2.24) is 5.32 Å². The Bertz CT molecular complexity index is 1280. The van der Waals surface area contributed by atoms with E-state index in [4.69, 9.17) is 14.2 Å². The Balaban J connectivity index is 1.25. The molecule has 166 valence electrons. The Morgan fingerprint density at radius 2 is 1.61 bits per heavy atom. The molecule has 0 aromatic heterocycles. The molecule has 0 spiro atoms. The number of ether oxygens (including phenoxy) is 3. The van der Waals surface area contributed by atoms with E-state index in [1.807, 2.05) is 42.5 Å². The van der Waals surface area contributed by atoms with E-state index in [0.717, 1.165) is 41.0 Å². The molecule has 3 aromatic rings. The smallest absolute Gasteiger partial charge is 0.251 e. The summed E-state index contributed by atoms with van der Waals surface area (Å²) < 4.78 is 16.6. The molecule has 0 bridgehead atoms. The van der Waals surface area contributed by atoms with Crippen LogP contribution >= 0.6 is 0 Å². The maximum absolute atomic E-state index is 13.1. The number of hydrogen-bond donors (Lipinski definition) is 1. The molecule has 0 atom stereocenters. The molecule has 3 aromatic carbocycles. The summed E-state index contributed by atoms with van der Waals surface area (Å²) in [5.74, 6) is 1.26. The van der Waals surface area contributed by atoms with Crippen molar-refractivity contribution >= 4 is 11.7 Å². The van der Waals surface area contributed by atoms with Crippen LogP contribution in [-0.2, 0) is 10.2 Å². The van der Waals surface area contributed by atoms with Crippen molar-refractivity contribution in [1.29, 1.82) is 0 Å². The van der Waals surface area contributed by atoms with Gasteiger partial charge in [-0.05, 0) is 53.8 Å².